The number of hydrogen-bond donors (Lipinski definition) is 1. The maximum Gasteiger partial charge on any atom is 0.251 e. The van der Waals surface area contributed by atoms with Gasteiger partial charge in [-0.3, -0.25) is 9.59 Å². The molecule has 0 spiro atoms. The predicted molar refractivity (Wildman–Crippen MR) is 120 cm³/mol. The maximum absolute atomic E-state index is 14.2. The molecule has 1 N–H and O–H groups in total. The van der Waals surface area contributed by atoms with Crippen LogP contribution in [0.4, 0.5) is 23.2 Å². The first-order valence-electron chi connectivity index (χ1n) is 10.3. The lowest BCUT2D eigenvalue weighted by molar-refractivity contribution is -0.117. The molecule has 0 radical (unpaired) electrons. The number of amides is 2. The molecule has 0 aliphatic heterocycles. The maximum atomic E-state index is 14.2. The van der Waals surface area contributed by atoms with Gasteiger partial charge < -0.3 is 15.1 Å². The molecule has 178 valence electrons. The third kappa shape index (κ3) is 5.92. The lowest BCUT2D eigenvalue weighted by atomic mass is 10.1. The molecule has 3 rings (SSSR count). The number of carbonyl (C=O) groups excluding carboxylic acids is 2. The molecule has 0 saturated carbocycles. The summed E-state index contributed by atoms with van der Waals surface area (Å²) < 4.78 is 55.0. The zero-order valence-corrected chi connectivity index (χ0v) is 18.6. The summed E-state index contributed by atoms with van der Waals surface area (Å²) in [4.78, 5) is 27.0. The van der Waals surface area contributed by atoms with Gasteiger partial charge in [0.05, 0.1) is 0 Å². The van der Waals surface area contributed by atoms with E-state index in [0.29, 0.717) is 35.4 Å². The Labute approximate surface area is 194 Å². The van der Waals surface area contributed by atoms with Crippen LogP contribution in [0.1, 0.15) is 27.0 Å². The van der Waals surface area contributed by atoms with Crippen molar-refractivity contribution in [2.75, 3.05) is 19.0 Å². The fourth-order valence-corrected chi connectivity index (χ4v) is 3.48. The molecular formula is C25H23F4N3O2. The highest BCUT2D eigenvalue weighted by atomic mass is 19.1. The van der Waals surface area contributed by atoms with E-state index in [1.165, 1.54) is 17.0 Å². The molecule has 5 nitrogen and oxygen atoms in total. The highest BCUT2D eigenvalue weighted by Gasteiger charge is 2.17. The third-order valence-electron chi connectivity index (χ3n) is 5.26. The van der Waals surface area contributed by atoms with Crippen molar-refractivity contribution in [3.63, 3.8) is 0 Å². The fourth-order valence-electron chi connectivity index (χ4n) is 3.48. The number of rotatable bonds is 9. The van der Waals surface area contributed by atoms with Gasteiger partial charge in [-0.15, -0.1) is 0 Å². The lowest BCUT2D eigenvalue weighted by Crippen LogP contribution is -2.26. The summed E-state index contributed by atoms with van der Waals surface area (Å²) in [6.45, 7) is -0.0390. The van der Waals surface area contributed by atoms with Crippen LogP contribution in [0, 0.1) is 23.3 Å². The minimum atomic E-state index is -1.10. The van der Waals surface area contributed by atoms with Crippen molar-refractivity contribution < 1.29 is 27.2 Å². The molecule has 0 fully saturated rings. The number of nitrogens with zero attached hydrogens (tertiary/aromatic N) is 2. The van der Waals surface area contributed by atoms with Crippen molar-refractivity contribution in [3.8, 4) is 0 Å². The molecule has 0 unspecified atom stereocenters. The Morgan fingerprint density at radius 1 is 0.882 bits per heavy atom. The quantitative estimate of drug-likeness (QED) is 0.370. The standard InChI is InChI=1S/C25H23F4N3O2/c1-31(15-33)13-18-8-7-16(9-24(18)32(2)14-17-5-3-4-6-21(17)27)25(34)30-12-20-22(28)10-19(26)11-23(20)29/h3-11,15H,12-14H2,1-2H3,(H,30,34). The van der Waals surface area contributed by atoms with E-state index in [0.717, 1.165) is 0 Å². The summed E-state index contributed by atoms with van der Waals surface area (Å²) >= 11 is 0. The van der Waals surface area contributed by atoms with Crippen molar-refractivity contribution in [2.24, 2.45) is 0 Å². The number of halogens is 4. The van der Waals surface area contributed by atoms with E-state index < -0.39 is 35.5 Å². The SMILES string of the molecule is CN(C=O)Cc1ccc(C(=O)NCc2c(F)cc(F)cc2F)cc1N(C)Cc1ccccc1F. The molecule has 3 aromatic carbocycles. The van der Waals surface area contributed by atoms with Gasteiger partial charge in [0.2, 0.25) is 6.41 Å². The Morgan fingerprint density at radius 3 is 2.21 bits per heavy atom. The number of anilines is 1. The van der Waals surface area contributed by atoms with E-state index in [4.69, 9.17) is 0 Å². The molecule has 0 heterocycles. The monoisotopic (exact) mass is 473 g/mol. The van der Waals surface area contributed by atoms with Crippen molar-refractivity contribution >= 4 is 18.0 Å². The van der Waals surface area contributed by atoms with E-state index in [2.05, 4.69) is 5.32 Å². The Morgan fingerprint density at radius 2 is 1.56 bits per heavy atom. The number of benzene rings is 3. The summed E-state index contributed by atoms with van der Waals surface area (Å²) in [5.41, 5.74) is 1.45. The molecule has 0 saturated heterocycles. The first kappa shape index (κ1) is 24.8. The Kier molecular flexibility index (Phi) is 7.88. The molecule has 2 amide bonds. The van der Waals surface area contributed by atoms with Crippen LogP contribution in [-0.4, -0.2) is 31.3 Å². The summed E-state index contributed by atoms with van der Waals surface area (Å²) in [5.74, 6) is -4.24. The largest absolute Gasteiger partial charge is 0.370 e. The molecule has 0 bridgehead atoms. The van der Waals surface area contributed by atoms with Crippen molar-refractivity contribution in [3.05, 3.63) is 100 Å². The average molecular weight is 473 g/mol. The molecular weight excluding hydrogens is 450 g/mol. The summed E-state index contributed by atoms with van der Waals surface area (Å²) in [7, 11) is 3.32. The van der Waals surface area contributed by atoms with Gasteiger partial charge in [-0.2, -0.15) is 0 Å². The van der Waals surface area contributed by atoms with Gasteiger partial charge in [0.25, 0.3) is 5.91 Å². The van der Waals surface area contributed by atoms with Gasteiger partial charge in [0, 0.05) is 68.2 Å². The first-order valence-corrected chi connectivity index (χ1v) is 10.3. The van der Waals surface area contributed by atoms with Crippen LogP contribution < -0.4 is 10.2 Å². The van der Waals surface area contributed by atoms with Crippen molar-refractivity contribution in [2.45, 2.75) is 19.6 Å². The van der Waals surface area contributed by atoms with E-state index in [1.54, 1.807) is 49.3 Å². The van der Waals surface area contributed by atoms with Crippen molar-refractivity contribution in [1.82, 2.24) is 10.2 Å². The Bertz CT molecular complexity index is 1180. The van der Waals surface area contributed by atoms with Crippen LogP contribution in [0.2, 0.25) is 0 Å². The Balaban J connectivity index is 1.86. The summed E-state index contributed by atoms with van der Waals surface area (Å²) in [6, 6.07) is 12.1. The second-order valence-electron chi connectivity index (χ2n) is 7.84. The number of carbonyl (C=O) groups is 2. The summed E-state index contributed by atoms with van der Waals surface area (Å²) in [5, 5.41) is 2.43. The smallest absolute Gasteiger partial charge is 0.251 e. The number of hydrogen-bond acceptors (Lipinski definition) is 3. The predicted octanol–water partition coefficient (Wildman–Crippen LogP) is 4.40. The van der Waals surface area contributed by atoms with Crippen LogP contribution >= 0.6 is 0 Å². The van der Waals surface area contributed by atoms with Crippen LogP contribution in [0.5, 0.6) is 0 Å². The van der Waals surface area contributed by atoms with E-state index in [1.807, 2.05) is 0 Å². The molecule has 9 heteroatoms. The first-order chi connectivity index (χ1) is 16.2. The second kappa shape index (κ2) is 10.8. The summed E-state index contributed by atoms with van der Waals surface area (Å²) in [6.07, 6.45) is 0.660. The van der Waals surface area contributed by atoms with Crippen molar-refractivity contribution in [1.29, 1.82) is 0 Å². The highest BCUT2D eigenvalue weighted by molar-refractivity contribution is 5.95. The molecule has 0 aliphatic carbocycles. The zero-order chi connectivity index (χ0) is 24.8. The van der Waals surface area contributed by atoms with E-state index >= 15 is 0 Å². The lowest BCUT2D eigenvalue weighted by Gasteiger charge is -2.25. The van der Waals surface area contributed by atoms with Crippen LogP contribution in [-0.2, 0) is 24.4 Å². The molecule has 0 atom stereocenters. The average Bonchev–Trinajstić information content (AvgIpc) is 2.79. The Hall–Kier alpha value is -3.88. The topological polar surface area (TPSA) is 52.7 Å². The van der Waals surface area contributed by atoms with Crippen LogP contribution in [0.25, 0.3) is 0 Å². The second-order valence-corrected chi connectivity index (χ2v) is 7.84. The van der Waals surface area contributed by atoms with Gasteiger partial charge in [-0.05, 0) is 23.8 Å². The van der Waals surface area contributed by atoms with E-state index in [9.17, 15) is 27.2 Å². The molecule has 34 heavy (non-hydrogen) atoms. The van der Waals surface area contributed by atoms with Crippen LogP contribution in [0.15, 0.2) is 54.6 Å². The third-order valence-corrected chi connectivity index (χ3v) is 5.26. The van der Waals surface area contributed by atoms with E-state index in [-0.39, 0.29) is 24.5 Å². The van der Waals surface area contributed by atoms with Gasteiger partial charge in [-0.1, -0.05) is 24.3 Å². The highest BCUT2D eigenvalue weighted by Crippen LogP contribution is 2.25. The van der Waals surface area contributed by atoms with Crippen LogP contribution in [0.3, 0.4) is 0 Å². The van der Waals surface area contributed by atoms with Gasteiger partial charge >= 0.3 is 0 Å². The van der Waals surface area contributed by atoms with Gasteiger partial charge in [0.15, 0.2) is 0 Å². The minimum Gasteiger partial charge on any atom is -0.370 e. The molecule has 3 aromatic rings. The molecule has 0 aliphatic rings. The fraction of sp³-hybridized carbons (Fsp3) is 0.200. The van der Waals surface area contributed by atoms with Gasteiger partial charge in [0.1, 0.15) is 23.3 Å². The number of nitrogens with one attached hydrogen (secondary N) is 1. The van der Waals surface area contributed by atoms with Gasteiger partial charge in [-0.25, -0.2) is 17.6 Å². The minimum absolute atomic E-state index is 0.191. The zero-order valence-electron chi connectivity index (χ0n) is 18.6. The molecule has 0 aromatic heterocycles. The normalized spacial score (nSPS) is 10.6.